The van der Waals surface area contributed by atoms with Gasteiger partial charge in [0.1, 0.15) is 0 Å². The summed E-state index contributed by atoms with van der Waals surface area (Å²) in [5.74, 6) is 1.07. The summed E-state index contributed by atoms with van der Waals surface area (Å²) in [6.07, 6.45) is 7.58. The SMILES string of the molecule is Cc1cc(-c2noc(-c3nn(Cc4cccnc4)c4c3CCC(C)(C)C4)n2)cc(C)c1CCN. The van der Waals surface area contributed by atoms with Gasteiger partial charge in [-0.15, -0.1) is 0 Å². The smallest absolute Gasteiger partial charge is 0.279 e. The zero-order valence-electron chi connectivity index (χ0n) is 20.4. The van der Waals surface area contributed by atoms with Crippen LogP contribution in [0.15, 0.2) is 41.2 Å². The number of aryl methyl sites for hydroxylation is 2. The summed E-state index contributed by atoms with van der Waals surface area (Å²) in [4.78, 5) is 9.05. The second kappa shape index (κ2) is 8.80. The Morgan fingerprint density at radius 2 is 1.97 bits per heavy atom. The second-order valence-corrected chi connectivity index (χ2v) is 10.2. The minimum absolute atomic E-state index is 0.233. The molecule has 0 fully saturated rings. The number of aromatic nitrogens is 5. The zero-order chi connectivity index (χ0) is 23.9. The molecule has 7 nitrogen and oxygen atoms in total. The molecular formula is C27H32N6O. The molecule has 1 aromatic carbocycles. The van der Waals surface area contributed by atoms with E-state index in [1.165, 1.54) is 27.9 Å². The molecule has 0 spiro atoms. The molecule has 3 heterocycles. The maximum atomic E-state index is 5.79. The van der Waals surface area contributed by atoms with Crippen LogP contribution in [-0.4, -0.2) is 31.4 Å². The first-order valence-electron chi connectivity index (χ1n) is 12.0. The van der Waals surface area contributed by atoms with Crippen molar-refractivity contribution in [3.63, 3.8) is 0 Å². The standard InChI is InChI=1S/C27H32N6O/c1-17-12-20(13-18(2)21(17)8-10-28)25-30-26(34-32-25)24-22-7-9-27(3,4)14-23(22)33(31-24)16-19-6-5-11-29-15-19/h5-6,11-13,15H,7-10,14,16,28H2,1-4H3. The number of nitrogens with two attached hydrogens (primary N) is 1. The molecule has 34 heavy (non-hydrogen) atoms. The fourth-order valence-corrected chi connectivity index (χ4v) is 5.06. The number of hydrogen-bond donors (Lipinski definition) is 1. The second-order valence-electron chi connectivity index (χ2n) is 10.2. The molecule has 0 amide bonds. The fraction of sp³-hybridized carbons (Fsp3) is 0.407. The Bertz CT molecular complexity index is 1300. The lowest BCUT2D eigenvalue weighted by Gasteiger charge is -2.30. The molecule has 7 heteroatoms. The largest absolute Gasteiger partial charge is 0.332 e. The van der Waals surface area contributed by atoms with E-state index in [2.05, 4.69) is 60.7 Å². The maximum Gasteiger partial charge on any atom is 0.279 e. The molecule has 0 unspecified atom stereocenters. The Kier molecular flexibility index (Phi) is 5.81. The lowest BCUT2D eigenvalue weighted by atomic mass is 9.76. The Hall–Kier alpha value is -3.32. The molecular weight excluding hydrogens is 424 g/mol. The van der Waals surface area contributed by atoms with Crippen LogP contribution in [0.25, 0.3) is 23.0 Å². The van der Waals surface area contributed by atoms with Crippen LogP contribution >= 0.6 is 0 Å². The highest BCUT2D eigenvalue weighted by Crippen LogP contribution is 2.39. The molecule has 176 valence electrons. The highest BCUT2D eigenvalue weighted by atomic mass is 16.5. The molecule has 1 aliphatic rings. The third-order valence-electron chi connectivity index (χ3n) is 6.90. The van der Waals surface area contributed by atoms with Crippen molar-refractivity contribution in [2.45, 2.75) is 59.9 Å². The van der Waals surface area contributed by atoms with Crippen molar-refractivity contribution in [1.82, 2.24) is 24.9 Å². The van der Waals surface area contributed by atoms with Gasteiger partial charge in [0.05, 0.1) is 6.54 Å². The molecule has 5 rings (SSSR count). The molecule has 2 N–H and O–H groups in total. The van der Waals surface area contributed by atoms with Gasteiger partial charge in [0.15, 0.2) is 5.69 Å². The van der Waals surface area contributed by atoms with Crippen molar-refractivity contribution in [3.8, 4) is 23.0 Å². The normalized spacial score (nSPS) is 14.9. The van der Waals surface area contributed by atoms with Crippen LogP contribution in [0.3, 0.4) is 0 Å². The lowest BCUT2D eigenvalue weighted by molar-refractivity contribution is 0.305. The summed E-state index contributed by atoms with van der Waals surface area (Å²) < 4.78 is 7.87. The average Bonchev–Trinajstić information content (AvgIpc) is 3.41. The fourth-order valence-electron chi connectivity index (χ4n) is 5.06. The average molecular weight is 457 g/mol. The highest BCUT2D eigenvalue weighted by Gasteiger charge is 2.33. The van der Waals surface area contributed by atoms with E-state index in [0.29, 0.717) is 24.8 Å². The minimum Gasteiger partial charge on any atom is -0.332 e. The molecule has 0 saturated heterocycles. The number of pyridine rings is 1. The number of hydrogen-bond acceptors (Lipinski definition) is 6. The van der Waals surface area contributed by atoms with Crippen LogP contribution in [-0.2, 0) is 25.8 Å². The summed E-state index contributed by atoms with van der Waals surface area (Å²) in [7, 11) is 0. The quantitative estimate of drug-likeness (QED) is 0.453. The van der Waals surface area contributed by atoms with Gasteiger partial charge in [-0.1, -0.05) is 25.1 Å². The van der Waals surface area contributed by atoms with Gasteiger partial charge in [0.25, 0.3) is 5.89 Å². The number of rotatable bonds is 6. The molecule has 1 aliphatic carbocycles. The van der Waals surface area contributed by atoms with Crippen LogP contribution in [0, 0.1) is 19.3 Å². The first-order chi connectivity index (χ1) is 16.3. The molecule has 4 aromatic rings. The van der Waals surface area contributed by atoms with Crippen LogP contribution in [0.2, 0.25) is 0 Å². The Morgan fingerprint density at radius 1 is 1.18 bits per heavy atom. The first-order valence-corrected chi connectivity index (χ1v) is 12.0. The minimum atomic E-state index is 0.233. The van der Waals surface area contributed by atoms with Crippen molar-refractivity contribution < 1.29 is 4.52 Å². The van der Waals surface area contributed by atoms with E-state index >= 15 is 0 Å². The Balaban J connectivity index is 1.53. The van der Waals surface area contributed by atoms with Gasteiger partial charge in [-0.2, -0.15) is 10.1 Å². The number of benzene rings is 1. The van der Waals surface area contributed by atoms with Crippen molar-refractivity contribution in [1.29, 1.82) is 0 Å². The predicted octanol–water partition coefficient (Wildman–Crippen LogP) is 4.68. The van der Waals surface area contributed by atoms with Gasteiger partial charge in [-0.3, -0.25) is 9.67 Å². The van der Waals surface area contributed by atoms with Crippen molar-refractivity contribution in [3.05, 3.63) is 70.2 Å². The van der Waals surface area contributed by atoms with Crippen LogP contribution in [0.5, 0.6) is 0 Å². The van der Waals surface area contributed by atoms with Gasteiger partial charge in [-0.05, 0) is 91.9 Å². The van der Waals surface area contributed by atoms with E-state index in [0.717, 1.165) is 42.5 Å². The topological polar surface area (TPSA) is 95.6 Å². The molecule has 0 bridgehead atoms. The van der Waals surface area contributed by atoms with Gasteiger partial charge < -0.3 is 10.3 Å². The van der Waals surface area contributed by atoms with E-state index in [1.54, 1.807) is 6.20 Å². The summed E-state index contributed by atoms with van der Waals surface area (Å²) in [5, 5.41) is 9.30. The van der Waals surface area contributed by atoms with E-state index in [9.17, 15) is 0 Å². The Morgan fingerprint density at radius 3 is 2.68 bits per heavy atom. The van der Waals surface area contributed by atoms with Crippen LogP contribution < -0.4 is 5.73 Å². The van der Waals surface area contributed by atoms with E-state index in [4.69, 9.17) is 20.3 Å². The van der Waals surface area contributed by atoms with Crippen LogP contribution in [0.4, 0.5) is 0 Å². The summed E-state index contributed by atoms with van der Waals surface area (Å²) in [6.45, 7) is 10.2. The van der Waals surface area contributed by atoms with Crippen LogP contribution in [0.1, 0.15) is 53.8 Å². The lowest BCUT2D eigenvalue weighted by Crippen LogP contribution is -2.24. The van der Waals surface area contributed by atoms with Crippen molar-refractivity contribution in [2.24, 2.45) is 11.1 Å². The third kappa shape index (κ3) is 4.28. The van der Waals surface area contributed by atoms with Gasteiger partial charge >= 0.3 is 0 Å². The highest BCUT2D eigenvalue weighted by molar-refractivity contribution is 5.63. The predicted molar refractivity (Wildman–Crippen MR) is 132 cm³/mol. The van der Waals surface area contributed by atoms with E-state index in [-0.39, 0.29) is 5.41 Å². The summed E-state index contributed by atoms with van der Waals surface area (Å²) in [5.41, 5.74) is 15.1. The maximum absolute atomic E-state index is 5.79. The van der Waals surface area contributed by atoms with Gasteiger partial charge in [-0.25, -0.2) is 0 Å². The van der Waals surface area contributed by atoms with Crippen molar-refractivity contribution >= 4 is 0 Å². The molecule has 0 radical (unpaired) electrons. The Labute approximate surface area is 200 Å². The molecule has 0 saturated carbocycles. The first kappa shape index (κ1) is 22.5. The summed E-state index contributed by atoms with van der Waals surface area (Å²) >= 11 is 0. The van der Waals surface area contributed by atoms with E-state index in [1.807, 2.05) is 12.3 Å². The molecule has 3 aromatic heterocycles. The molecule has 0 aliphatic heterocycles. The van der Waals surface area contributed by atoms with E-state index < -0.39 is 0 Å². The third-order valence-corrected chi connectivity index (χ3v) is 6.90. The van der Waals surface area contributed by atoms with Gasteiger partial charge in [0.2, 0.25) is 5.82 Å². The number of fused-ring (bicyclic) bond motifs is 1. The zero-order valence-corrected chi connectivity index (χ0v) is 20.4. The monoisotopic (exact) mass is 456 g/mol. The summed E-state index contributed by atoms with van der Waals surface area (Å²) in [6, 6.07) is 8.28. The van der Waals surface area contributed by atoms with Gasteiger partial charge in [0, 0.05) is 29.2 Å². The number of nitrogens with zero attached hydrogens (tertiary/aromatic N) is 5. The molecule has 0 atom stereocenters. The van der Waals surface area contributed by atoms with Crippen molar-refractivity contribution in [2.75, 3.05) is 6.54 Å².